The standard InChI is InChI=1S/C13H10N4O5S2/c1-22-8-5-6-9(11(7-8)17(18)19)16-24(20,21)12-4-2-3-10-13(12)15-23-14-10/h2-7,16H,1H3. The number of benzene rings is 2. The summed E-state index contributed by atoms with van der Waals surface area (Å²) >= 11 is 0.885. The van der Waals surface area contributed by atoms with Gasteiger partial charge in [-0.2, -0.15) is 8.75 Å². The van der Waals surface area contributed by atoms with E-state index in [1.165, 1.54) is 31.4 Å². The largest absolute Gasteiger partial charge is 0.496 e. The second-order valence-corrected chi connectivity index (χ2v) is 6.81. The van der Waals surface area contributed by atoms with Crippen LogP contribution in [0.5, 0.6) is 5.75 Å². The molecule has 0 aliphatic heterocycles. The average Bonchev–Trinajstić information content (AvgIpc) is 3.03. The van der Waals surface area contributed by atoms with E-state index in [0.717, 1.165) is 17.8 Å². The van der Waals surface area contributed by atoms with Crippen LogP contribution >= 0.6 is 11.7 Å². The molecule has 0 aliphatic carbocycles. The van der Waals surface area contributed by atoms with E-state index in [4.69, 9.17) is 4.74 Å². The second kappa shape index (κ2) is 6.02. The van der Waals surface area contributed by atoms with Crippen molar-refractivity contribution in [3.63, 3.8) is 0 Å². The van der Waals surface area contributed by atoms with Crippen molar-refractivity contribution in [2.45, 2.75) is 4.90 Å². The molecule has 0 unspecified atom stereocenters. The van der Waals surface area contributed by atoms with E-state index in [9.17, 15) is 18.5 Å². The number of anilines is 1. The molecule has 0 bridgehead atoms. The number of nitrogens with zero attached hydrogens (tertiary/aromatic N) is 3. The summed E-state index contributed by atoms with van der Waals surface area (Å²) in [7, 11) is -2.72. The predicted octanol–water partition coefficient (Wildman–Crippen LogP) is 2.41. The second-order valence-electron chi connectivity index (χ2n) is 4.63. The normalized spacial score (nSPS) is 11.4. The molecule has 9 nitrogen and oxygen atoms in total. The Labute approximate surface area is 140 Å². The number of aromatic nitrogens is 2. The predicted molar refractivity (Wildman–Crippen MR) is 87.9 cm³/mol. The maximum absolute atomic E-state index is 12.6. The Balaban J connectivity index is 2.07. The van der Waals surface area contributed by atoms with Crippen LogP contribution in [0, 0.1) is 10.1 Å². The van der Waals surface area contributed by atoms with Gasteiger partial charge in [0.05, 0.1) is 29.8 Å². The molecule has 0 saturated carbocycles. The van der Waals surface area contributed by atoms with E-state index >= 15 is 0 Å². The third-order valence-electron chi connectivity index (χ3n) is 3.18. The van der Waals surface area contributed by atoms with Crippen molar-refractivity contribution in [2.75, 3.05) is 11.8 Å². The number of methoxy groups -OCH3 is 1. The SMILES string of the molecule is COc1ccc(NS(=O)(=O)c2cccc3nsnc23)c([N+](=O)[O-])c1. The summed E-state index contributed by atoms with van der Waals surface area (Å²) < 4.78 is 40.3. The molecule has 0 radical (unpaired) electrons. The fourth-order valence-corrected chi connectivity index (χ4v) is 3.92. The first kappa shape index (κ1) is 16.1. The van der Waals surface area contributed by atoms with Crippen LogP contribution in [0.2, 0.25) is 0 Å². The van der Waals surface area contributed by atoms with Crippen LogP contribution in [-0.2, 0) is 10.0 Å². The molecule has 0 atom stereocenters. The lowest BCUT2D eigenvalue weighted by molar-refractivity contribution is -0.384. The van der Waals surface area contributed by atoms with Gasteiger partial charge in [-0.15, -0.1) is 0 Å². The molecule has 0 fully saturated rings. The molecule has 1 aromatic heterocycles. The molecule has 0 amide bonds. The number of hydrogen-bond donors (Lipinski definition) is 1. The molecule has 24 heavy (non-hydrogen) atoms. The van der Waals surface area contributed by atoms with Crippen LogP contribution in [0.4, 0.5) is 11.4 Å². The third-order valence-corrected chi connectivity index (χ3v) is 5.12. The first-order valence-electron chi connectivity index (χ1n) is 6.49. The maximum atomic E-state index is 12.6. The molecular weight excluding hydrogens is 356 g/mol. The van der Waals surface area contributed by atoms with Gasteiger partial charge in [-0.3, -0.25) is 14.8 Å². The van der Waals surface area contributed by atoms with Gasteiger partial charge >= 0.3 is 0 Å². The number of nitrogens with one attached hydrogen (secondary N) is 1. The van der Waals surface area contributed by atoms with Gasteiger partial charge in [0.2, 0.25) is 0 Å². The average molecular weight is 366 g/mol. The van der Waals surface area contributed by atoms with Gasteiger partial charge in [-0.25, -0.2) is 8.42 Å². The van der Waals surface area contributed by atoms with Crippen molar-refractivity contribution < 1.29 is 18.1 Å². The minimum Gasteiger partial charge on any atom is -0.496 e. The van der Waals surface area contributed by atoms with E-state index in [0.29, 0.717) is 5.52 Å². The highest BCUT2D eigenvalue weighted by atomic mass is 32.2. The van der Waals surface area contributed by atoms with Gasteiger partial charge in [0.1, 0.15) is 27.4 Å². The van der Waals surface area contributed by atoms with E-state index < -0.39 is 20.6 Å². The Bertz CT molecular complexity index is 1030. The zero-order valence-corrected chi connectivity index (χ0v) is 13.8. The molecule has 3 aromatic rings. The number of nitro groups is 1. The fourth-order valence-electron chi connectivity index (χ4n) is 2.07. The number of hydrogen-bond acceptors (Lipinski definition) is 8. The summed E-state index contributed by atoms with van der Waals surface area (Å²) in [5.74, 6) is 0.246. The molecule has 0 aliphatic rings. The summed E-state index contributed by atoms with van der Waals surface area (Å²) in [6, 6.07) is 8.36. The quantitative estimate of drug-likeness (QED) is 0.543. The van der Waals surface area contributed by atoms with Crippen molar-refractivity contribution in [1.82, 2.24) is 8.75 Å². The molecular formula is C13H10N4O5S2. The highest BCUT2D eigenvalue weighted by molar-refractivity contribution is 7.93. The number of fused-ring (bicyclic) bond motifs is 1. The van der Waals surface area contributed by atoms with Gasteiger partial charge in [-0.05, 0) is 24.3 Å². The van der Waals surface area contributed by atoms with Crippen LogP contribution < -0.4 is 9.46 Å². The van der Waals surface area contributed by atoms with Crippen LogP contribution in [0.3, 0.4) is 0 Å². The van der Waals surface area contributed by atoms with Crippen molar-refractivity contribution in [1.29, 1.82) is 0 Å². The lowest BCUT2D eigenvalue weighted by Gasteiger charge is -2.09. The van der Waals surface area contributed by atoms with E-state index in [1.54, 1.807) is 6.07 Å². The van der Waals surface area contributed by atoms with Gasteiger partial charge < -0.3 is 4.74 Å². The van der Waals surface area contributed by atoms with Crippen LogP contribution in [-0.4, -0.2) is 29.2 Å². The Hall–Kier alpha value is -2.79. The molecule has 0 spiro atoms. The molecule has 11 heteroatoms. The van der Waals surface area contributed by atoms with Crippen molar-refractivity contribution >= 4 is 44.2 Å². The van der Waals surface area contributed by atoms with E-state index in [2.05, 4.69) is 13.5 Å². The molecule has 1 heterocycles. The lowest BCUT2D eigenvalue weighted by Crippen LogP contribution is -2.14. The first-order chi connectivity index (χ1) is 11.4. The monoisotopic (exact) mass is 366 g/mol. The molecule has 124 valence electrons. The van der Waals surface area contributed by atoms with E-state index in [-0.39, 0.29) is 21.8 Å². The van der Waals surface area contributed by atoms with E-state index in [1.807, 2.05) is 0 Å². The lowest BCUT2D eigenvalue weighted by atomic mass is 10.2. The number of rotatable bonds is 5. The molecule has 0 saturated heterocycles. The summed E-state index contributed by atoms with van der Waals surface area (Å²) in [4.78, 5) is 10.4. The Morgan fingerprint density at radius 2 is 2.04 bits per heavy atom. The van der Waals surface area contributed by atoms with Gasteiger partial charge in [0, 0.05) is 0 Å². The fraction of sp³-hybridized carbons (Fsp3) is 0.0769. The zero-order chi connectivity index (χ0) is 17.3. The third kappa shape index (κ3) is 2.86. The first-order valence-corrected chi connectivity index (χ1v) is 8.70. The van der Waals surface area contributed by atoms with Crippen LogP contribution in [0.15, 0.2) is 41.3 Å². The molecule has 2 aromatic carbocycles. The summed E-state index contributed by atoms with van der Waals surface area (Å²) in [6.45, 7) is 0. The minimum atomic E-state index is -4.08. The van der Waals surface area contributed by atoms with Crippen LogP contribution in [0.25, 0.3) is 11.0 Å². The topological polar surface area (TPSA) is 124 Å². The van der Waals surface area contributed by atoms with Crippen molar-refractivity contribution in [3.8, 4) is 5.75 Å². The summed E-state index contributed by atoms with van der Waals surface area (Å²) in [6.07, 6.45) is 0. The van der Waals surface area contributed by atoms with Crippen LogP contribution in [0.1, 0.15) is 0 Å². The van der Waals surface area contributed by atoms with Crippen molar-refractivity contribution in [3.05, 3.63) is 46.5 Å². The minimum absolute atomic E-state index is 0.0983. The molecule has 3 rings (SSSR count). The van der Waals surface area contributed by atoms with Gasteiger partial charge in [0.15, 0.2) is 0 Å². The number of nitro benzene ring substituents is 1. The summed E-state index contributed by atoms with van der Waals surface area (Å²) in [5.41, 5.74) is 0.0702. The van der Waals surface area contributed by atoms with Gasteiger partial charge in [-0.1, -0.05) is 6.07 Å². The summed E-state index contributed by atoms with van der Waals surface area (Å²) in [5, 5.41) is 11.2. The highest BCUT2D eigenvalue weighted by Crippen LogP contribution is 2.31. The maximum Gasteiger partial charge on any atom is 0.297 e. The Kier molecular flexibility index (Phi) is 4.03. The van der Waals surface area contributed by atoms with Crippen molar-refractivity contribution in [2.24, 2.45) is 0 Å². The Morgan fingerprint density at radius 1 is 1.25 bits per heavy atom. The molecule has 1 N–H and O–H groups in total. The Morgan fingerprint density at radius 3 is 2.75 bits per heavy atom. The van der Waals surface area contributed by atoms with Gasteiger partial charge in [0.25, 0.3) is 15.7 Å². The highest BCUT2D eigenvalue weighted by Gasteiger charge is 2.24. The number of ether oxygens (including phenoxy) is 1. The smallest absolute Gasteiger partial charge is 0.297 e. The zero-order valence-electron chi connectivity index (χ0n) is 12.2. The number of sulfonamides is 1.